The number of benzene rings is 1. The van der Waals surface area contributed by atoms with Crippen molar-refractivity contribution in [2.45, 2.75) is 13.3 Å². The van der Waals surface area contributed by atoms with Crippen LogP contribution in [-0.4, -0.2) is 23.0 Å². The van der Waals surface area contributed by atoms with Gasteiger partial charge in [0.25, 0.3) is 0 Å². The predicted octanol–water partition coefficient (Wildman–Crippen LogP) is 3.72. The maximum absolute atomic E-state index is 11.5. The molecule has 0 radical (unpaired) electrons. The van der Waals surface area contributed by atoms with Crippen LogP contribution in [0.3, 0.4) is 0 Å². The lowest BCUT2D eigenvalue weighted by molar-refractivity contribution is -0.115. The van der Waals surface area contributed by atoms with Gasteiger partial charge in [-0.05, 0) is 18.2 Å². The Kier molecular flexibility index (Phi) is 4.02. The fraction of sp³-hybridized carbons (Fsp3) is 0.188. The number of anilines is 1. The molecule has 0 bridgehead atoms. The smallest absolute Gasteiger partial charge is 0.224 e. The Balaban J connectivity index is 1.96. The van der Waals surface area contributed by atoms with Crippen LogP contribution in [0.4, 0.5) is 5.69 Å². The van der Waals surface area contributed by atoms with Crippen LogP contribution in [0.15, 0.2) is 36.7 Å². The molecule has 22 heavy (non-hydrogen) atoms. The zero-order valence-electron chi connectivity index (χ0n) is 12.3. The van der Waals surface area contributed by atoms with Crippen LogP contribution in [0, 0.1) is 0 Å². The summed E-state index contributed by atoms with van der Waals surface area (Å²) in [5.41, 5.74) is 2.46. The lowest BCUT2D eigenvalue weighted by Crippen LogP contribution is -2.09. The normalized spacial score (nSPS) is 10.6. The van der Waals surface area contributed by atoms with E-state index in [-0.39, 0.29) is 5.91 Å². The summed E-state index contributed by atoms with van der Waals surface area (Å²) in [4.78, 5) is 20.3. The summed E-state index contributed by atoms with van der Waals surface area (Å²) in [5.74, 6) is 0.749. The molecule has 2 aromatic heterocycles. The standard InChI is InChI=1S/C16H15N3O2S/c1-3-15(20)18-11-6-10(8-17-9-11)16-19-13-7-12(21-2)4-5-14(13)22-16/h4-9H,3H2,1-2H3,(H,18,20). The summed E-state index contributed by atoms with van der Waals surface area (Å²) in [6.07, 6.45) is 3.81. The van der Waals surface area contributed by atoms with Crippen LogP contribution in [0.25, 0.3) is 20.8 Å². The number of ether oxygens (including phenoxy) is 1. The SMILES string of the molecule is CCC(=O)Nc1cncc(-c2nc3cc(OC)ccc3s2)c1. The van der Waals surface area contributed by atoms with Crippen molar-refractivity contribution >= 4 is 33.1 Å². The molecular formula is C16H15N3O2S. The first kappa shape index (κ1) is 14.5. The first-order valence-electron chi connectivity index (χ1n) is 6.89. The van der Waals surface area contributed by atoms with Crippen molar-refractivity contribution in [3.63, 3.8) is 0 Å². The second kappa shape index (κ2) is 6.11. The number of nitrogens with zero attached hydrogens (tertiary/aromatic N) is 2. The molecule has 0 unspecified atom stereocenters. The highest BCUT2D eigenvalue weighted by atomic mass is 32.1. The quantitative estimate of drug-likeness (QED) is 0.797. The molecule has 1 aromatic carbocycles. The predicted molar refractivity (Wildman–Crippen MR) is 88.3 cm³/mol. The van der Waals surface area contributed by atoms with Crippen molar-refractivity contribution < 1.29 is 9.53 Å². The van der Waals surface area contributed by atoms with E-state index in [0.717, 1.165) is 26.5 Å². The van der Waals surface area contributed by atoms with E-state index in [1.807, 2.05) is 31.2 Å². The Morgan fingerprint density at radius 2 is 2.18 bits per heavy atom. The molecule has 0 saturated heterocycles. The van der Waals surface area contributed by atoms with Gasteiger partial charge in [0.05, 0.1) is 29.2 Å². The van der Waals surface area contributed by atoms with Gasteiger partial charge in [0.15, 0.2) is 0 Å². The van der Waals surface area contributed by atoms with E-state index >= 15 is 0 Å². The van der Waals surface area contributed by atoms with Crippen molar-refractivity contribution in [3.8, 4) is 16.3 Å². The van der Waals surface area contributed by atoms with Crippen LogP contribution in [0.1, 0.15) is 13.3 Å². The van der Waals surface area contributed by atoms with Gasteiger partial charge in [-0.25, -0.2) is 4.98 Å². The minimum absolute atomic E-state index is 0.0343. The van der Waals surface area contributed by atoms with Crippen LogP contribution >= 0.6 is 11.3 Å². The highest BCUT2D eigenvalue weighted by Crippen LogP contribution is 2.32. The molecule has 0 aliphatic rings. The highest BCUT2D eigenvalue weighted by Gasteiger charge is 2.09. The fourth-order valence-electron chi connectivity index (χ4n) is 2.03. The van der Waals surface area contributed by atoms with Crippen molar-refractivity contribution in [3.05, 3.63) is 36.7 Å². The first-order valence-corrected chi connectivity index (χ1v) is 7.71. The number of carbonyl (C=O) groups is 1. The third kappa shape index (κ3) is 2.92. The van der Waals surface area contributed by atoms with Gasteiger partial charge in [0, 0.05) is 24.2 Å². The molecule has 6 heteroatoms. The van der Waals surface area contributed by atoms with Gasteiger partial charge in [-0.1, -0.05) is 6.92 Å². The average molecular weight is 313 g/mol. The van der Waals surface area contributed by atoms with Crippen LogP contribution in [-0.2, 0) is 4.79 Å². The maximum atomic E-state index is 11.5. The number of thiazole rings is 1. The molecule has 0 saturated carbocycles. The zero-order valence-corrected chi connectivity index (χ0v) is 13.1. The summed E-state index contributed by atoms with van der Waals surface area (Å²) in [6.45, 7) is 1.81. The van der Waals surface area contributed by atoms with Gasteiger partial charge >= 0.3 is 0 Å². The number of hydrogen-bond donors (Lipinski definition) is 1. The highest BCUT2D eigenvalue weighted by molar-refractivity contribution is 7.21. The van der Waals surface area contributed by atoms with Gasteiger partial charge in [-0.3, -0.25) is 9.78 Å². The van der Waals surface area contributed by atoms with E-state index in [0.29, 0.717) is 12.1 Å². The molecular weight excluding hydrogens is 298 g/mol. The lowest BCUT2D eigenvalue weighted by Gasteiger charge is -2.03. The zero-order chi connectivity index (χ0) is 15.5. The number of fused-ring (bicyclic) bond motifs is 1. The number of rotatable bonds is 4. The Hall–Kier alpha value is -2.47. The Bertz CT molecular complexity index is 829. The third-order valence-electron chi connectivity index (χ3n) is 3.18. The van der Waals surface area contributed by atoms with Crippen molar-refractivity contribution in [1.29, 1.82) is 0 Å². The van der Waals surface area contributed by atoms with E-state index in [9.17, 15) is 4.79 Å². The number of methoxy groups -OCH3 is 1. The summed E-state index contributed by atoms with van der Waals surface area (Å²) >= 11 is 1.58. The number of amides is 1. The average Bonchev–Trinajstić information content (AvgIpc) is 2.98. The Morgan fingerprint density at radius 1 is 1.32 bits per heavy atom. The molecule has 3 rings (SSSR count). The van der Waals surface area contributed by atoms with Crippen LogP contribution in [0.2, 0.25) is 0 Å². The molecule has 1 N–H and O–H groups in total. The molecule has 1 amide bonds. The van der Waals surface area contributed by atoms with E-state index in [1.54, 1.807) is 30.8 Å². The second-order valence-electron chi connectivity index (χ2n) is 4.72. The number of carbonyl (C=O) groups excluding carboxylic acids is 1. The first-order chi connectivity index (χ1) is 10.7. The summed E-state index contributed by atoms with van der Waals surface area (Å²) in [6, 6.07) is 7.70. The minimum Gasteiger partial charge on any atom is -0.497 e. The maximum Gasteiger partial charge on any atom is 0.224 e. The van der Waals surface area contributed by atoms with Gasteiger partial charge in [0.2, 0.25) is 5.91 Å². The molecule has 0 atom stereocenters. The molecule has 3 aromatic rings. The third-order valence-corrected chi connectivity index (χ3v) is 4.27. The van der Waals surface area contributed by atoms with Gasteiger partial charge in [-0.2, -0.15) is 0 Å². The van der Waals surface area contributed by atoms with Crippen LogP contribution in [0.5, 0.6) is 5.75 Å². The van der Waals surface area contributed by atoms with Crippen LogP contribution < -0.4 is 10.1 Å². The molecule has 0 spiro atoms. The number of hydrogen-bond acceptors (Lipinski definition) is 5. The van der Waals surface area contributed by atoms with Gasteiger partial charge in [-0.15, -0.1) is 11.3 Å². The summed E-state index contributed by atoms with van der Waals surface area (Å²) in [5, 5.41) is 3.67. The number of nitrogens with one attached hydrogen (secondary N) is 1. The van der Waals surface area contributed by atoms with Gasteiger partial charge in [0.1, 0.15) is 10.8 Å². The molecule has 0 aliphatic heterocycles. The van der Waals surface area contributed by atoms with E-state index < -0.39 is 0 Å². The molecule has 112 valence electrons. The fourth-order valence-corrected chi connectivity index (χ4v) is 2.96. The van der Waals surface area contributed by atoms with E-state index in [2.05, 4.69) is 15.3 Å². The van der Waals surface area contributed by atoms with E-state index in [4.69, 9.17) is 4.74 Å². The molecule has 0 aliphatic carbocycles. The van der Waals surface area contributed by atoms with Crippen molar-refractivity contribution in [2.24, 2.45) is 0 Å². The second-order valence-corrected chi connectivity index (χ2v) is 5.75. The van der Waals surface area contributed by atoms with E-state index in [1.165, 1.54) is 0 Å². The summed E-state index contributed by atoms with van der Waals surface area (Å²) in [7, 11) is 1.64. The van der Waals surface area contributed by atoms with Gasteiger partial charge < -0.3 is 10.1 Å². The Labute approximate surface area is 132 Å². The monoisotopic (exact) mass is 313 g/mol. The molecule has 0 fully saturated rings. The largest absolute Gasteiger partial charge is 0.497 e. The minimum atomic E-state index is -0.0343. The van der Waals surface area contributed by atoms with Crippen molar-refractivity contribution in [1.82, 2.24) is 9.97 Å². The summed E-state index contributed by atoms with van der Waals surface area (Å²) < 4.78 is 6.30. The van der Waals surface area contributed by atoms with Crippen molar-refractivity contribution in [2.75, 3.05) is 12.4 Å². The Morgan fingerprint density at radius 3 is 2.95 bits per heavy atom. The lowest BCUT2D eigenvalue weighted by atomic mass is 10.2. The number of pyridine rings is 1. The molecule has 2 heterocycles. The molecule has 5 nitrogen and oxygen atoms in total. The topological polar surface area (TPSA) is 64.1 Å². The number of aromatic nitrogens is 2.